The van der Waals surface area contributed by atoms with Crippen molar-refractivity contribution in [1.82, 2.24) is 0 Å². The molecule has 0 amide bonds. The quantitative estimate of drug-likeness (QED) is 0.134. The van der Waals surface area contributed by atoms with Crippen LogP contribution in [0.25, 0.3) is 0 Å². The molecule has 1 unspecified atom stereocenters. The fourth-order valence-corrected chi connectivity index (χ4v) is 5.31. The lowest BCUT2D eigenvalue weighted by molar-refractivity contribution is -0.102. The number of halogens is 1. The van der Waals surface area contributed by atoms with E-state index in [4.69, 9.17) is 23.1 Å². The topological polar surface area (TPSA) is 81.5 Å². The van der Waals surface area contributed by atoms with Crippen molar-refractivity contribution >= 4 is 35.4 Å². The van der Waals surface area contributed by atoms with Crippen molar-refractivity contribution in [2.75, 3.05) is 6.54 Å². The number of aliphatic imine (C=N–C) groups is 1. The van der Waals surface area contributed by atoms with Gasteiger partial charge in [-0.2, -0.15) is 0 Å². The van der Waals surface area contributed by atoms with Crippen LogP contribution in [-0.4, -0.2) is 18.5 Å². The summed E-state index contributed by atoms with van der Waals surface area (Å²) in [6.07, 6.45) is 20.3. The number of allylic oxidation sites excluding steroid dienone is 3. The van der Waals surface area contributed by atoms with Crippen LogP contribution in [-0.2, 0) is 11.2 Å². The van der Waals surface area contributed by atoms with Gasteiger partial charge < -0.3 is 11.5 Å². The van der Waals surface area contributed by atoms with Gasteiger partial charge in [-0.05, 0) is 56.6 Å². The molecule has 1 atom stereocenters. The highest BCUT2D eigenvalue weighted by molar-refractivity contribution is 8.06. The van der Waals surface area contributed by atoms with E-state index in [1.54, 1.807) is 13.1 Å². The lowest BCUT2D eigenvalue weighted by Gasteiger charge is -2.33. The highest BCUT2D eigenvalue weighted by atomic mass is 35.5. The third kappa shape index (κ3) is 12.8. The summed E-state index contributed by atoms with van der Waals surface area (Å²) >= 11 is 7.48. The summed E-state index contributed by atoms with van der Waals surface area (Å²) < 4.78 is 0. The van der Waals surface area contributed by atoms with Gasteiger partial charge in [-0.3, -0.25) is 9.79 Å². The van der Waals surface area contributed by atoms with E-state index in [0.717, 1.165) is 9.81 Å². The monoisotopic (exact) mass is 545 g/mol. The van der Waals surface area contributed by atoms with Crippen LogP contribution >= 0.6 is 23.4 Å². The lowest BCUT2D eigenvalue weighted by atomic mass is 9.74. The van der Waals surface area contributed by atoms with E-state index in [1.807, 2.05) is 39.8 Å². The van der Waals surface area contributed by atoms with Crippen molar-refractivity contribution in [1.29, 1.82) is 0 Å². The first-order valence-electron chi connectivity index (χ1n) is 13.0. The minimum atomic E-state index is 0.253. The van der Waals surface area contributed by atoms with E-state index in [9.17, 15) is 4.79 Å². The normalized spacial score (nSPS) is 16.7. The van der Waals surface area contributed by atoms with Gasteiger partial charge in [0.15, 0.2) is 6.29 Å². The maximum atomic E-state index is 10.4. The molecule has 0 spiro atoms. The van der Waals surface area contributed by atoms with E-state index in [-0.39, 0.29) is 6.04 Å². The molecule has 2 rings (SSSR count). The second-order valence-electron chi connectivity index (χ2n) is 8.42. The smallest absolute Gasteiger partial charge is 0.163 e. The molecular formula is C31H48ClN3OS. The van der Waals surface area contributed by atoms with Crippen LogP contribution < -0.4 is 11.5 Å². The number of nitrogens with two attached hydrogens (primary N) is 2. The molecule has 0 saturated carbocycles. The largest absolute Gasteiger partial charge is 0.326 e. The molecule has 37 heavy (non-hydrogen) atoms. The fraction of sp³-hybridized carbons (Fsp3) is 0.484. The average Bonchev–Trinajstić information content (AvgIpc) is 3.20. The third-order valence-corrected chi connectivity index (χ3v) is 7.24. The van der Waals surface area contributed by atoms with Crippen molar-refractivity contribution in [3.63, 3.8) is 0 Å². The van der Waals surface area contributed by atoms with Gasteiger partial charge in [0.05, 0.1) is 5.71 Å². The van der Waals surface area contributed by atoms with Gasteiger partial charge in [0.2, 0.25) is 0 Å². The van der Waals surface area contributed by atoms with Gasteiger partial charge in [0.25, 0.3) is 0 Å². The molecule has 0 fully saturated rings. The zero-order chi connectivity index (χ0) is 28.9. The highest BCUT2D eigenvalue weighted by Gasteiger charge is 2.42. The van der Waals surface area contributed by atoms with Gasteiger partial charge in [-0.25, -0.2) is 0 Å². The molecule has 1 aliphatic rings. The van der Waals surface area contributed by atoms with Crippen LogP contribution in [0.5, 0.6) is 0 Å². The van der Waals surface area contributed by atoms with Crippen LogP contribution in [0.1, 0.15) is 91.3 Å². The molecule has 0 heterocycles. The summed E-state index contributed by atoms with van der Waals surface area (Å²) in [4.78, 5) is 16.2. The number of thioether (sulfide) groups is 1. The molecule has 1 aliphatic carbocycles. The molecule has 0 aliphatic heterocycles. The number of fused-ring (bicyclic) bond motifs is 1. The first-order valence-corrected chi connectivity index (χ1v) is 14.2. The highest BCUT2D eigenvalue weighted by Crippen LogP contribution is 2.50. The summed E-state index contributed by atoms with van der Waals surface area (Å²) in [5.41, 5.74) is 15.6. The van der Waals surface area contributed by atoms with Crippen molar-refractivity contribution < 1.29 is 4.79 Å². The Bertz CT molecular complexity index is 925. The SMILES string of the molecule is C#C.C/C=C\C(S/C(C)=C/N=C(C)C=O)=C(\Cl)CN.CC.CCCC1(CCC)Cc2ccccc2C1N. The van der Waals surface area contributed by atoms with Crippen LogP contribution in [0.3, 0.4) is 0 Å². The second-order valence-corrected chi connectivity index (χ2v) is 10.2. The van der Waals surface area contributed by atoms with E-state index in [0.29, 0.717) is 29.0 Å². The van der Waals surface area contributed by atoms with Gasteiger partial charge >= 0.3 is 0 Å². The Morgan fingerprint density at radius 2 is 1.76 bits per heavy atom. The van der Waals surface area contributed by atoms with Crippen molar-refractivity contribution in [2.45, 2.75) is 86.6 Å². The predicted molar refractivity (Wildman–Crippen MR) is 168 cm³/mol. The summed E-state index contributed by atoms with van der Waals surface area (Å²) in [5, 5.41) is 0.608. The minimum absolute atomic E-state index is 0.253. The Balaban J connectivity index is 0. The first-order chi connectivity index (χ1) is 17.8. The molecule has 1 aromatic rings. The van der Waals surface area contributed by atoms with E-state index in [2.05, 4.69) is 56.0 Å². The van der Waals surface area contributed by atoms with Gasteiger partial charge in [0.1, 0.15) is 0 Å². The number of carbonyl (C=O) groups is 1. The van der Waals surface area contributed by atoms with Crippen LogP contribution in [0, 0.1) is 18.3 Å². The van der Waals surface area contributed by atoms with E-state index < -0.39 is 0 Å². The maximum absolute atomic E-state index is 10.4. The fourth-order valence-electron chi connectivity index (χ4n) is 4.28. The van der Waals surface area contributed by atoms with Crippen LogP contribution in [0.4, 0.5) is 0 Å². The van der Waals surface area contributed by atoms with E-state index >= 15 is 0 Å². The zero-order valence-corrected chi connectivity index (χ0v) is 25.5. The number of terminal acetylenes is 1. The number of aldehydes is 1. The second kappa shape index (κ2) is 21.9. The summed E-state index contributed by atoms with van der Waals surface area (Å²) in [6.45, 7) is 14.3. The summed E-state index contributed by atoms with van der Waals surface area (Å²) in [5.74, 6) is 0. The Morgan fingerprint density at radius 3 is 2.22 bits per heavy atom. The van der Waals surface area contributed by atoms with Gasteiger partial charge in [0, 0.05) is 33.6 Å². The Hall–Kier alpha value is -2.10. The van der Waals surface area contributed by atoms with Crippen molar-refractivity contribution in [3.05, 3.63) is 68.6 Å². The molecule has 1 aromatic carbocycles. The molecular weight excluding hydrogens is 498 g/mol. The Labute approximate surface area is 236 Å². The molecule has 0 aromatic heterocycles. The van der Waals surface area contributed by atoms with Crippen molar-refractivity contribution in [3.8, 4) is 12.8 Å². The number of carbonyl (C=O) groups excluding carboxylic acids is 1. The minimum Gasteiger partial charge on any atom is -0.326 e. The molecule has 0 radical (unpaired) electrons. The first kappa shape index (κ1) is 37.1. The molecule has 4 N–H and O–H groups in total. The molecule has 6 heteroatoms. The van der Waals surface area contributed by atoms with Crippen LogP contribution in [0.2, 0.25) is 0 Å². The number of hydrogen-bond donors (Lipinski definition) is 2. The number of nitrogens with zero attached hydrogens (tertiary/aromatic N) is 1. The lowest BCUT2D eigenvalue weighted by Crippen LogP contribution is -2.31. The molecule has 0 saturated heterocycles. The number of hydrogen-bond acceptors (Lipinski definition) is 5. The zero-order valence-electron chi connectivity index (χ0n) is 23.9. The Morgan fingerprint density at radius 1 is 1.19 bits per heavy atom. The maximum Gasteiger partial charge on any atom is 0.163 e. The number of rotatable bonds is 10. The third-order valence-electron chi connectivity index (χ3n) is 5.74. The summed E-state index contributed by atoms with van der Waals surface area (Å²) in [6, 6.07) is 8.98. The number of benzene rings is 1. The van der Waals surface area contributed by atoms with Gasteiger partial charge in [-0.1, -0.05) is 100 Å². The summed E-state index contributed by atoms with van der Waals surface area (Å²) in [7, 11) is 0. The van der Waals surface area contributed by atoms with Gasteiger partial charge in [-0.15, -0.1) is 12.8 Å². The average molecular weight is 546 g/mol. The molecule has 4 nitrogen and oxygen atoms in total. The van der Waals surface area contributed by atoms with Crippen LogP contribution in [0.15, 0.2) is 62.5 Å². The van der Waals surface area contributed by atoms with Crippen molar-refractivity contribution in [2.24, 2.45) is 21.9 Å². The molecule has 0 bridgehead atoms. The van der Waals surface area contributed by atoms with E-state index in [1.165, 1.54) is 55.0 Å². The molecule has 206 valence electrons. The predicted octanol–water partition coefficient (Wildman–Crippen LogP) is 8.33. The Kier molecular flexibility index (Phi) is 22.0. The standard InChI is InChI=1S/C15H23N.C12H17ClN2OS.C2H6.C2H2/c1-3-9-15(10-4-2)11-12-7-5-6-8-13(12)14(15)16;1-4-5-12(11(13)6-14)17-10(3)7-15-9(2)8-16;2*1-2/h5-8,14H,3-4,9-11,16H2,1-2H3;4-5,7-8H,6,14H2,1-3H3;1-2H3;1-2H/b;5-4-,10-7+,12-11-,15-9?;;.